The molecule has 2 aromatic carbocycles. The first kappa shape index (κ1) is 28.5. The van der Waals surface area contributed by atoms with Gasteiger partial charge in [0.05, 0.1) is 11.7 Å². The number of carbonyl (C=O) groups excluding carboxylic acids is 4. The summed E-state index contributed by atoms with van der Waals surface area (Å²) in [4.78, 5) is 53.5. The van der Waals surface area contributed by atoms with Crippen molar-refractivity contribution in [1.82, 2.24) is 10.2 Å². The minimum absolute atomic E-state index is 0.0682. The number of aliphatic hydroxyl groups is 3. The molecule has 0 aliphatic heterocycles. The van der Waals surface area contributed by atoms with Crippen molar-refractivity contribution in [3.05, 3.63) is 64.4 Å². The number of aromatic hydroxyl groups is 1. The Bertz CT molecular complexity index is 1500. The lowest BCUT2D eigenvalue weighted by Crippen LogP contribution is -2.63. The lowest BCUT2D eigenvalue weighted by atomic mass is 9.57. The molecule has 7 N–H and O–H groups in total. The maximum absolute atomic E-state index is 13.8. The second-order valence-electron chi connectivity index (χ2n) is 11.4. The van der Waals surface area contributed by atoms with Gasteiger partial charge in [-0.3, -0.25) is 19.2 Å². The predicted octanol–water partition coefficient (Wildman–Crippen LogP) is 0.704. The van der Waals surface area contributed by atoms with E-state index in [1.807, 2.05) is 19.0 Å². The van der Waals surface area contributed by atoms with Crippen LogP contribution in [-0.2, 0) is 16.0 Å². The van der Waals surface area contributed by atoms with E-state index in [0.29, 0.717) is 35.3 Å². The van der Waals surface area contributed by atoms with Crippen LogP contribution in [0.3, 0.4) is 0 Å². The van der Waals surface area contributed by atoms with E-state index in [0.717, 1.165) is 0 Å². The fourth-order valence-corrected chi connectivity index (χ4v) is 6.52. The van der Waals surface area contributed by atoms with Crippen molar-refractivity contribution in [3.63, 3.8) is 0 Å². The molecule has 0 radical (unpaired) electrons. The number of nitrogens with zero attached hydrogens (tertiary/aromatic N) is 1. The number of fused-ring (bicyclic) bond motifs is 3. The molecule has 41 heavy (non-hydrogen) atoms. The number of amides is 2. The van der Waals surface area contributed by atoms with E-state index in [1.165, 1.54) is 6.07 Å². The Morgan fingerprint density at radius 2 is 1.85 bits per heavy atom. The highest BCUT2D eigenvalue weighted by atomic mass is 16.3. The van der Waals surface area contributed by atoms with Gasteiger partial charge >= 0.3 is 0 Å². The summed E-state index contributed by atoms with van der Waals surface area (Å²) in [5.41, 5.74) is 4.65. The Kier molecular flexibility index (Phi) is 7.22. The van der Waals surface area contributed by atoms with Crippen LogP contribution in [0.1, 0.15) is 39.1 Å². The molecule has 0 bridgehead atoms. The number of nitrogens with one attached hydrogen (secondary N) is 1. The Morgan fingerprint density at radius 3 is 2.54 bits per heavy atom. The van der Waals surface area contributed by atoms with Gasteiger partial charge in [-0.05, 0) is 74.2 Å². The zero-order chi connectivity index (χ0) is 29.8. The number of phenols is 1. The van der Waals surface area contributed by atoms with Crippen molar-refractivity contribution in [2.45, 2.75) is 31.0 Å². The first-order chi connectivity index (χ1) is 19.4. The van der Waals surface area contributed by atoms with Gasteiger partial charge in [-0.1, -0.05) is 18.2 Å². The van der Waals surface area contributed by atoms with Crippen LogP contribution in [0.2, 0.25) is 0 Å². The molecule has 0 spiro atoms. The fraction of sp³-hybridized carbons (Fsp3) is 0.400. The number of rotatable bonds is 6. The minimum atomic E-state index is -2.56. The molecule has 3 aliphatic rings. The number of hydrogen-bond donors (Lipinski definition) is 6. The molecular weight excluding hydrogens is 530 g/mol. The number of aliphatic hydroxyl groups excluding tert-OH is 2. The number of ketones is 2. The topological polar surface area (TPSA) is 190 Å². The van der Waals surface area contributed by atoms with Gasteiger partial charge in [0, 0.05) is 30.1 Å². The minimum Gasteiger partial charge on any atom is -0.508 e. The molecule has 3 aliphatic carbocycles. The van der Waals surface area contributed by atoms with E-state index in [-0.39, 0.29) is 42.1 Å². The van der Waals surface area contributed by atoms with Crippen molar-refractivity contribution >= 4 is 23.4 Å². The average molecular weight is 564 g/mol. The first-order valence-electron chi connectivity index (χ1n) is 13.5. The number of phenolic OH excluding ortho intramolecular Hbond substituents is 1. The van der Waals surface area contributed by atoms with Gasteiger partial charge in [0.2, 0.25) is 5.91 Å². The van der Waals surface area contributed by atoms with E-state index in [4.69, 9.17) is 5.73 Å². The van der Waals surface area contributed by atoms with Gasteiger partial charge in [-0.2, -0.15) is 0 Å². The zero-order valence-corrected chi connectivity index (χ0v) is 22.8. The highest BCUT2D eigenvalue weighted by Gasteiger charge is 2.62. The number of primary amides is 1. The monoisotopic (exact) mass is 563 g/mol. The van der Waals surface area contributed by atoms with Gasteiger partial charge in [0.25, 0.3) is 5.91 Å². The molecule has 11 heteroatoms. The smallest absolute Gasteiger partial charge is 0.251 e. The van der Waals surface area contributed by atoms with Gasteiger partial charge in [0.1, 0.15) is 17.4 Å². The lowest BCUT2D eigenvalue weighted by Gasteiger charge is -2.48. The Balaban J connectivity index is 1.55. The molecule has 1 saturated carbocycles. The van der Waals surface area contributed by atoms with Crippen molar-refractivity contribution in [2.24, 2.45) is 23.5 Å². The Labute approximate surface area is 236 Å². The van der Waals surface area contributed by atoms with Crippen LogP contribution in [0, 0.1) is 17.8 Å². The summed E-state index contributed by atoms with van der Waals surface area (Å²) in [7, 11) is 3.81. The van der Waals surface area contributed by atoms with E-state index in [1.54, 1.807) is 30.3 Å². The summed E-state index contributed by atoms with van der Waals surface area (Å²) in [6, 6.07) is 9.89. The number of benzene rings is 2. The molecule has 5 atom stereocenters. The Morgan fingerprint density at radius 1 is 1.12 bits per heavy atom. The summed E-state index contributed by atoms with van der Waals surface area (Å²) >= 11 is 0. The quantitative estimate of drug-likeness (QED) is 0.275. The second kappa shape index (κ2) is 10.4. The van der Waals surface area contributed by atoms with Crippen LogP contribution >= 0.6 is 0 Å². The van der Waals surface area contributed by atoms with E-state index in [2.05, 4.69) is 5.32 Å². The third-order valence-electron chi connectivity index (χ3n) is 8.55. The molecule has 2 aromatic rings. The summed E-state index contributed by atoms with van der Waals surface area (Å²) in [5.74, 6) is -7.80. The molecule has 5 rings (SSSR count). The molecule has 0 saturated heterocycles. The van der Waals surface area contributed by atoms with Crippen LogP contribution < -0.4 is 11.1 Å². The van der Waals surface area contributed by atoms with Crippen molar-refractivity contribution < 1.29 is 39.6 Å². The molecule has 0 aromatic heterocycles. The largest absolute Gasteiger partial charge is 0.508 e. The zero-order valence-electron chi connectivity index (χ0n) is 22.8. The molecule has 2 unspecified atom stereocenters. The molecule has 11 nitrogen and oxygen atoms in total. The average Bonchev–Trinajstić information content (AvgIpc) is 2.90. The van der Waals surface area contributed by atoms with Crippen LogP contribution in [0.5, 0.6) is 5.75 Å². The van der Waals surface area contributed by atoms with E-state index >= 15 is 0 Å². The number of Topliss-reactive ketones (excluding diaryl/α,β-unsaturated/α-hetero) is 2. The third-order valence-corrected chi connectivity index (χ3v) is 8.55. The summed E-state index contributed by atoms with van der Waals surface area (Å²) in [6.45, 7) is 1.13. The molecular formula is C30H33N3O8. The summed E-state index contributed by atoms with van der Waals surface area (Å²) < 4.78 is 0. The highest BCUT2D eigenvalue weighted by molar-refractivity contribution is 6.16. The van der Waals surface area contributed by atoms with Gasteiger partial charge in [-0.25, -0.2) is 0 Å². The predicted molar refractivity (Wildman–Crippen MR) is 147 cm³/mol. The highest BCUT2D eigenvalue weighted by Crippen LogP contribution is 2.52. The SMILES string of the molecule is CN(C)CCNC(=O)c1cccc(-c2ccc(O)c3c2C[C@H]2C[C@H]4CC(O)C(C(N)=O)C(=O)[C@@]4(O)C(O)=C2C3=O)c1. The van der Waals surface area contributed by atoms with Crippen molar-refractivity contribution in [1.29, 1.82) is 0 Å². The standard InChI is InChI=1S/C30H33N3O8/c1-33(2)9-8-32-29(40)15-5-3-4-14(10-15)18-6-7-20(34)23-19(18)12-16-11-17-13-21(35)24(28(31)39)27(38)30(17,41)26(37)22(16)25(23)36/h3-7,10,16-17,21,24,34-35,37,41H,8-9,11-13H2,1-2H3,(H2,31,39)(H,32,40)/t16-,17+,21?,24?,30+/m1/s1. The number of hydrogen-bond acceptors (Lipinski definition) is 9. The second-order valence-corrected chi connectivity index (χ2v) is 11.4. The number of carbonyl (C=O) groups is 4. The molecule has 216 valence electrons. The molecule has 1 fully saturated rings. The molecule has 2 amide bonds. The van der Waals surface area contributed by atoms with E-state index in [9.17, 15) is 39.6 Å². The van der Waals surface area contributed by atoms with Gasteiger partial charge in [0.15, 0.2) is 17.2 Å². The van der Waals surface area contributed by atoms with Gasteiger partial charge < -0.3 is 36.4 Å². The van der Waals surface area contributed by atoms with Crippen molar-refractivity contribution in [3.8, 4) is 16.9 Å². The number of likely N-dealkylation sites (N-methyl/N-ethyl adjacent to an activating group) is 1. The number of nitrogens with two attached hydrogens (primary N) is 1. The van der Waals surface area contributed by atoms with Crippen LogP contribution in [-0.4, -0.2) is 87.6 Å². The van der Waals surface area contributed by atoms with E-state index < -0.39 is 52.7 Å². The summed E-state index contributed by atoms with van der Waals surface area (Å²) in [6.07, 6.45) is -1.36. The lowest BCUT2D eigenvalue weighted by molar-refractivity contribution is -0.167. The Hall–Kier alpha value is -4.06. The van der Waals surface area contributed by atoms with Crippen LogP contribution in [0.25, 0.3) is 11.1 Å². The first-order valence-corrected chi connectivity index (χ1v) is 13.5. The molecule has 0 heterocycles. The third kappa shape index (κ3) is 4.59. The number of allylic oxidation sites excluding steroid dienone is 1. The fourth-order valence-electron chi connectivity index (χ4n) is 6.52. The maximum Gasteiger partial charge on any atom is 0.251 e. The van der Waals surface area contributed by atoms with Crippen molar-refractivity contribution in [2.75, 3.05) is 27.2 Å². The van der Waals surface area contributed by atoms with Crippen LogP contribution in [0.4, 0.5) is 0 Å². The maximum atomic E-state index is 13.8. The van der Waals surface area contributed by atoms with Gasteiger partial charge in [-0.15, -0.1) is 0 Å². The normalized spacial score (nSPS) is 27.2. The summed E-state index contributed by atoms with van der Waals surface area (Å²) in [5, 5.41) is 46.7. The van der Waals surface area contributed by atoms with Crippen LogP contribution in [0.15, 0.2) is 47.7 Å².